The van der Waals surface area contributed by atoms with E-state index in [1.54, 1.807) is 24.3 Å². The van der Waals surface area contributed by atoms with Crippen LogP contribution >= 0.6 is 0 Å². The molecule has 0 aromatic heterocycles. The van der Waals surface area contributed by atoms with Gasteiger partial charge < -0.3 is 10.4 Å². The quantitative estimate of drug-likeness (QED) is 0.523. The van der Waals surface area contributed by atoms with Gasteiger partial charge in [-0.1, -0.05) is 55.1 Å². The molecule has 5 heteroatoms. The highest BCUT2D eigenvalue weighted by molar-refractivity contribution is 5.95. The maximum Gasteiger partial charge on any atom is 0.257 e. The number of aromatic hydroxyl groups is 1. The van der Waals surface area contributed by atoms with Crippen LogP contribution in [0.2, 0.25) is 0 Å². The topological polar surface area (TPSA) is 73.4 Å². The molecular formula is C20H19N3O2. The summed E-state index contributed by atoms with van der Waals surface area (Å²) < 4.78 is 0. The van der Waals surface area contributed by atoms with Crippen LogP contribution in [0.25, 0.3) is 16.5 Å². The van der Waals surface area contributed by atoms with E-state index >= 15 is 0 Å². The predicted molar refractivity (Wildman–Crippen MR) is 101 cm³/mol. The van der Waals surface area contributed by atoms with E-state index in [2.05, 4.69) is 22.7 Å². The van der Waals surface area contributed by atoms with Crippen molar-refractivity contribution in [3.8, 4) is 5.75 Å². The lowest BCUT2D eigenvalue weighted by atomic mass is 10.1. The Kier molecular flexibility index (Phi) is 4.85. The van der Waals surface area contributed by atoms with Crippen molar-refractivity contribution in [2.24, 2.45) is 0 Å². The number of phenols is 1. The summed E-state index contributed by atoms with van der Waals surface area (Å²) in [6, 6.07) is 20.7. The third-order valence-electron chi connectivity index (χ3n) is 3.81. The van der Waals surface area contributed by atoms with Crippen molar-refractivity contribution in [2.45, 2.75) is 0 Å². The van der Waals surface area contributed by atoms with E-state index in [1.807, 2.05) is 42.5 Å². The van der Waals surface area contributed by atoms with Gasteiger partial charge in [0.1, 0.15) is 5.75 Å². The standard InChI is InChI=1S/C20H19N3O2/c1-14(16-9-4-5-12-19(16)24)22-23-20(25)13-21-18-11-6-8-15-7-2-3-10-17(15)18/h2-12,21-22,24H,1,13H2,(H,23,25). The molecule has 0 heterocycles. The molecule has 0 unspecified atom stereocenters. The third-order valence-corrected chi connectivity index (χ3v) is 3.81. The Morgan fingerprint density at radius 3 is 2.48 bits per heavy atom. The van der Waals surface area contributed by atoms with E-state index in [0.29, 0.717) is 11.3 Å². The van der Waals surface area contributed by atoms with Crippen LogP contribution in [0.3, 0.4) is 0 Å². The van der Waals surface area contributed by atoms with E-state index < -0.39 is 0 Å². The molecule has 0 aliphatic rings. The molecule has 126 valence electrons. The van der Waals surface area contributed by atoms with Gasteiger partial charge in [-0.05, 0) is 23.6 Å². The van der Waals surface area contributed by atoms with Gasteiger partial charge >= 0.3 is 0 Å². The van der Waals surface area contributed by atoms with Gasteiger partial charge in [0, 0.05) is 16.6 Å². The Morgan fingerprint density at radius 1 is 0.920 bits per heavy atom. The van der Waals surface area contributed by atoms with E-state index in [9.17, 15) is 9.90 Å². The second-order valence-electron chi connectivity index (χ2n) is 5.55. The number of carbonyl (C=O) groups excluding carboxylic acids is 1. The summed E-state index contributed by atoms with van der Waals surface area (Å²) in [5.74, 6) is -0.146. The zero-order valence-corrected chi connectivity index (χ0v) is 13.6. The molecule has 0 aliphatic carbocycles. The van der Waals surface area contributed by atoms with E-state index in [4.69, 9.17) is 0 Å². The van der Waals surface area contributed by atoms with Crippen LogP contribution in [-0.4, -0.2) is 17.6 Å². The summed E-state index contributed by atoms with van der Waals surface area (Å²) in [4.78, 5) is 12.0. The van der Waals surface area contributed by atoms with Gasteiger partial charge in [0.05, 0.1) is 12.2 Å². The number of amides is 1. The number of benzene rings is 3. The summed E-state index contributed by atoms with van der Waals surface area (Å²) in [6.45, 7) is 3.92. The smallest absolute Gasteiger partial charge is 0.257 e. The normalized spacial score (nSPS) is 10.2. The number of carbonyl (C=O) groups is 1. The zero-order chi connectivity index (χ0) is 17.6. The average molecular weight is 333 g/mol. The van der Waals surface area contributed by atoms with Crippen molar-refractivity contribution in [2.75, 3.05) is 11.9 Å². The molecule has 0 aliphatic heterocycles. The number of nitrogens with one attached hydrogen (secondary N) is 3. The molecule has 3 rings (SSSR count). The Labute approximate surface area is 146 Å². The predicted octanol–water partition coefficient (Wildman–Crippen LogP) is 3.25. The summed E-state index contributed by atoms with van der Waals surface area (Å²) >= 11 is 0. The number of phenolic OH excluding ortho intramolecular Hbond substituents is 1. The van der Waals surface area contributed by atoms with Gasteiger partial charge in [0.25, 0.3) is 5.91 Å². The van der Waals surface area contributed by atoms with E-state index in [-0.39, 0.29) is 18.2 Å². The van der Waals surface area contributed by atoms with Gasteiger partial charge in [0.15, 0.2) is 0 Å². The molecule has 25 heavy (non-hydrogen) atoms. The molecule has 4 N–H and O–H groups in total. The van der Waals surface area contributed by atoms with Crippen LogP contribution < -0.4 is 16.2 Å². The number of rotatable bonds is 6. The number of fused-ring (bicyclic) bond motifs is 1. The van der Waals surface area contributed by atoms with Gasteiger partial charge in [-0.15, -0.1) is 0 Å². The maximum atomic E-state index is 12.0. The fourth-order valence-electron chi connectivity index (χ4n) is 2.54. The van der Waals surface area contributed by atoms with Crippen LogP contribution in [0.15, 0.2) is 73.3 Å². The van der Waals surface area contributed by atoms with Crippen molar-refractivity contribution in [3.05, 3.63) is 78.9 Å². The second kappa shape index (κ2) is 7.40. The number of para-hydroxylation sites is 1. The van der Waals surface area contributed by atoms with Crippen LogP contribution in [0.5, 0.6) is 5.75 Å². The Hall–Kier alpha value is -3.47. The minimum absolute atomic E-state index is 0.100. The molecule has 0 bridgehead atoms. The van der Waals surface area contributed by atoms with Crippen LogP contribution in [-0.2, 0) is 4.79 Å². The lowest BCUT2D eigenvalue weighted by Gasteiger charge is -2.13. The molecular weight excluding hydrogens is 314 g/mol. The number of hydrogen-bond acceptors (Lipinski definition) is 4. The molecule has 0 saturated carbocycles. The highest BCUT2D eigenvalue weighted by Gasteiger charge is 2.07. The summed E-state index contributed by atoms with van der Waals surface area (Å²) in [5, 5.41) is 15.1. The van der Waals surface area contributed by atoms with Crippen molar-refractivity contribution in [1.82, 2.24) is 10.9 Å². The van der Waals surface area contributed by atoms with Gasteiger partial charge in [0.2, 0.25) is 0 Å². The van der Waals surface area contributed by atoms with Gasteiger partial charge in [-0.25, -0.2) is 0 Å². The summed E-state index contributed by atoms with van der Waals surface area (Å²) in [7, 11) is 0. The number of hydrazine groups is 1. The zero-order valence-electron chi connectivity index (χ0n) is 13.6. The Bertz CT molecular complexity index is 916. The molecule has 0 radical (unpaired) electrons. The fourth-order valence-corrected chi connectivity index (χ4v) is 2.54. The molecule has 0 saturated heterocycles. The Morgan fingerprint density at radius 2 is 1.64 bits per heavy atom. The molecule has 0 fully saturated rings. The number of anilines is 1. The van der Waals surface area contributed by atoms with Gasteiger partial charge in [-0.3, -0.25) is 15.6 Å². The number of hydrogen-bond donors (Lipinski definition) is 4. The van der Waals surface area contributed by atoms with Crippen molar-refractivity contribution in [3.63, 3.8) is 0 Å². The first kappa shape index (κ1) is 16.4. The fraction of sp³-hybridized carbons (Fsp3) is 0.0500. The molecule has 0 atom stereocenters. The molecule has 5 nitrogen and oxygen atoms in total. The minimum atomic E-state index is -0.246. The molecule has 0 spiro atoms. The van der Waals surface area contributed by atoms with Crippen molar-refractivity contribution in [1.29, 1.82) is 0 Å². The largest absolute Gasteiger partial charge is 0.507 e. The molecule has 3 aromatic carbocycles. The monoisotopic (exact) mass is 333 g/mol. The molecule has 1 amide bonds. The van der Waals surface area contributed by atoms with Crippen molar-refractivity contribution < 1.29 is 9.90 Å². The lowest BCUT2D eigenvalue weighted by molar-refractivity contribution is -0.120. The first-order valence-electron chi connectivity index (χ1n) is 7.89. The Balaban J connectivity index is 1.56. The minimum Gasteiger partial charge on any atom is -0.507 e. The average Bonchev–Trinajstić information content (AvgIpc) is 2.64. The van der Waals surface area contributed by atoms with E-state index in [1.165, 1.54) is 0 Å². The summed E-state index contributed by atoms with van der Waals surface area (Å²) in [5.41, 5.74) is 7.13. The maximum absolute atomic E-state index is 12.0. The SMILES string of the molecule is C=C(NNC(=O)CNc1cccc2ccccc12)c1ccccc1O. The van der Waals surface area contributed by atoms with Crippen LogP contribution in [0.4, 0.5) is 5.69 Å². The highest BCUT2D eigenvalue weighted by Crippen LogP contribution is 2.23. The first-order valence-corrected chi connectivity index (χ1v) is 7.89. The second-order valence-corrected chi connectivity index (χ2v) is 5.55. The first-order chi connectivity index (χ1) is 12.1. The summed E-state index contributed by atoms with van der Waals surface area (Å²) in [6.07, 6.45) is 0. The molecule has 3 aromatic rings. The van der Waals surface area contributed by atoms with Gasteiger partial charge in [-0.2, -0.15) is 0 Å². The lowest BCUT2D eigenvalue weighted by Crippen LogP contribution is -2.39. The van der Waals surface area contributed by atoms with E-state index in [0.717, 1.165) is 16.5 Å². The highest BCUT2D eigenvalue weighted by atomic mass is 16.3. The van der Waals surface area contributed by atoms with Crippen molar-refractivity contribution >= 4 is 28.1 Å². The van der Waals surface area contributed by atoms with Crippen LogP contribution in [0.1, 0.15) is 5.56 Å². The third kappa shape index (κ3) is 3.90. The van der Waals surface area contributed by atoms with Crippen LogP contribution in [0, 0.1) is 0 Å².